The predicted molar refractivity (Wildman–Crippen MR) is 121 cm³/mol. The van der Waals surface area contributed by atoms with E-state index in [-0.39, 0.29) is 17.2 Å². The number of sulfonamides is 1. The molecule has 0 radical (unpaired) electrons. The Labute approximate surface area is 183 Å². The average molecular weight is 445 g/mol. The molecule has 1 aliphatic heterocycles. The van der Waals surface area contributed by atoms with Gasteiger partial charge in [0.2, 0.25) is 15.9 Å². The first kappa shape index (κ1) is 22.8. The molecule has 0 spiro atoms. The van der Waals surface area contributed by atoms with Crippen molar-refractivity contribution in [3.05, 3.63) is 59.2 Å². The third-order valence-electron chi connectivity index (χ3n) is 4.96. The number of likely N-dealkylation sites (tertiary alicyclic amines) is 1. The van der Waals surface area contributed by atoms with Crippen LogP contribution in [0.15, 0.2) is 42.5 Å². The lowest BCUT2D eigenvalue weighted by atomic mass is 10.1. The average Bonchev–Trinajstić information content (AvgIpc) is 3.20. The van der Waals surface area contributed by atoms with E-state index < -0.39 is 15.9 Å². The van der Waals surface area contributed by atoms with Gasteiger partial charge in [-0.25, -0.2) is 8.42 Å². The Morgan fingerprint density at radius 1 is 1.00 bits per heavy atom. The van der Waals surface area contributed by atoms with Gasteiger partial charge in [-0.1, -0.05) is 24.3 Å². The molecular formula is C22H28N4O4S. The Balaban J connectivity index is 1.68. The molecule has 0 saturated carbocycles. The van der Waals surface area contributed by atoms with Gasteiger partial charge in [-0.3, -0.25) is 19.2 Å². The molecule has 0 atom stereocenters. The highest BCUT2D eigenvalue weighted by atomic mass is 32.2. The van der Waals surface area contributed by atoms with Crippen molar-refractivity contribution in [1.82, 2.24) is 10.2 Å². The van der Waals surface area contributed by atoms with Crippen molar-refractivity contribution in [2.45, 2.75) is 32.9 Å². The summed E-state index contributed by atoms with van der Waals surface area (Å²) >= 11 is 0. The topological polar surface area (TPSA) is 108 Å². The van der Waals surface area contributed by atoms with Gasteiger partial charge in [0.1, 0.15) is 0 Å². The van der Waals surface area contributed by atoms with Crippen LogP contribution in [-0.4, -0.2) is 44.5 Å². The molecule has 8 nitrogen and oxygen atoms in total. The molecule has 3 N–H and O–H groups in total. The zero-order valence-electron chi connectivity index (χ0n) is 17.8. The quantitative estimate of drug-likeness (QED) is 0.580. The monoisotopic (exact) mass is 444 g/mol. The number of benzene rings is 2. The summed E-state index contributed by atoms with van der Waals surface area (Å²) in [6, 6.07) is 12.5. The minimum absolute atomic E-state index is 0.127. The van der Waals surface area contributed by atoms with Gasteiger partial charge in [-0.15, -0.1) is 0 Å². The molecule has 1 heterocycles. The summed E-state index contributed by atoms with van der Waals surface area (Å²) in [6.45, 7) is 4.86. The van der Waals surface area contributed by atoms with Crippen molar-refractivity contribution in [1.29, 1.82) is 0 Å². The van der Waals surface area contributed by atoms with Crippen molar-refractivity contribution < 1.29 is 18.0 Å². The lowest BCUT2D eigenvalue weighted by molar-refractivity contribution is -0.114. The maximum Gasteiger partial charge on any atom is 0.253 e. The SMILES string of the molecule is CC(=O)Nc1ccc(NS(C)(=O)=O)c(C(=O)NCc2ccc(CN3CCCC3)cc2)c1. The van der Waals surface area contributed by atoms with Gasteiger partial charge < -0.3 is 10.6 Å². The highest BCUT2D eigenvalue weighted by molar-refractivity contribution is 7.92. The third-order valence-corrected chi connectivity index (χ3v) is 5.55. The molecule has 0 unspecified atom stereocenters. The Morgan fingerprint density at radius 2 is 1.65 bits per heavy atom. The zero-order chi connectivity index (χ0) is 22.4. The molecular weight excluding hydrogens is 416 g/mol. The highest BCUT2D eigenvalue weighted by Crippen LogP contribution is 2.22. The van der Waals surface area contributed by atoms with E-state index in [1.807, 2.05) is 12.1 Å². The predicted octanol–water partition coefficient (Wildman–Crippen LogP) is 2.54. The molecule has 1 aliphatic rings. The van der Waals surface area contributed by atoms with Gasteiger partial charge in [-0.05, 0) is 55.3 Å². The lowest BCUT2D eigenvalue weighted by Gasteiger charge is -2.15. The minimum atomic E-state index is -3.57. The number of carbonyl (C=O) groups is 2. The summed E-state index contributed by atoms with van der Waals surface area (Å²) in [7, 11) is -3.57. The zero-order valence-corrected chi connectivity index (χ0v) is 18.6. The summed E-state index contributed by atoms with van der Waals surface area (Å²) < 4.78 is 25.7. The highest BCUT2D eigenvalue weighted by Gasteiger charge is 2.16. The summed E-state index contributed by atoms with van der Waals surface area (Å²) in [4.78, 5) is 26.5. The summed E-state index contributed by atoms with van der Waals surface area (Å²) in [5.41, 5.74) is 2.86. The smallest absolute Gasteiger partial charge is 0.253 e. The maximum absolute atomic E-state index is 12.8. The number of hydrogen-bond donors (Lipinski definition) is 3. The molecule has 9 heteroatoms. The van der Waals surface area contributed by atoms with E-state index >= 15 is 0 Å². The van der Waals surface area contributed by atoms with Crippen molar-refractivity contribution in [3.8, 4) is 0 Å². The first-order valence-electron chi connectivity index (χ1n) is 10.2. The number of hydrogen-bond acceptors (Lipinski definition) is 5. The Kier molecular flexibility index (Phi) is 7.29. The van der Waals surface area contributed by atoms with Crippen LogP contribution >= 0.6 is 0 Å². The number of nitrogens with zero attached hydrogens (tertiary/aromatic N) is 1. The van der Waals surface area contributed by atoms with Crippen LogP contribution in [0.5, 0.6) is 0 Å². The van der Waals surface area contributed by atoms with Crippen LogP contribution in [0.4, 0.5) is 11.4 Å². The maximum atomic E-state index is 12.8. The molecule has 166 valence electrons. The molecule has 0 aliphatic carbocycles. The first-order chi connectivity index (χ1) is 14.7. The van der Waals surface area contributed by atoms with Crippen LogP contribution < -0.4 is 15.4 Å². The number of nitrogens with one attached hydrogen (secondary N) is 3. The van der Waals surface area contributed by atoms with Crippen LogP contribution in [0.1, 0.15) is 41.3 Å². The molecule has 2 amide bonds. The van der Waals surface area contributed by atoms with Crippen molar-refractivity contribution in [2.75, 3.05) is 29.4 Å². The molecule has 1 fully saturated rings. The fourth-order valence-corrected chi connectivity index (χ4v) is 4.12. The van der Waals surface area contributed by atoms with Crippen LogP contribution in [0, 0.1) is 0 Å². The van der Waals surface area contributed by atoms with E-state index in [0.717, 1.165) is 31.5 Å². The standard InChI is InChI=1S/C22H28N4O4S/c1-16(27)24-19-9-10-21(25-31(2,29)30)20(13-19)22(28)23-14-17-5-7-18(8-6-17)15-26-11-3-4-12-26/h5-10,13,25H,3-4,11-12,14-15H2,1-2H3,(H,23,28)(H,24,27). The van der Waals surface area contributed by atoms with Crippen LogP contribution in [0.2, 0.25) is 0 Å². The number of anilines is 2. The fourth-order valence-electron chi connectivity index (χ4n) is 3.54. The van der Waals surface area contributed by atoms with Gasteiger partial charge in [0.05, 0.1) is 17.5 Å². The molecule has 3 rings (SSSR count). The Morgan fingerprint density at radius 3 is 2.26 bits per heavy atom. The van der Waals surface area contributed by atoms with Gasteiger partial charge in [0.25, 0.3) is 5.91 Å². The largest absolute Gasteiger partial charge is 0.348 e. The first-order valence-corrected chi connectivity index (χ1v) is 12.1. The van der Waals surface area contributed by atoms with Gasteiger partial charge in [0, 0.05) is 25.7 Å². The molecule has 31 heavy (non-hydrogen) atoms. The molecule has 0 bridgehead atoms. The Bertz CT molecular complexity index is 1050. The van der Waals surface area contributed by atoms with Crippen molar-refractivity contribution >= 4 is 33.2 Å². The van der Waals surface area contributed by atoms with Crippen molar-refractivity contribution in [2.24, 2.45) is 0 Å². The molecule has 2 aromatic carbocycles. The van der Waals surface area contributed by atoms with Crippen LogP contribution in [0.25, 0.3) is 0 Å². The number of rotatable bonds is 8. The van der Waals surface area contributed by atoms with Gasteiger partial charge in [0.15, 0.2) is 0 Å². The number of amides is 2. The second-order valence-corrected chi connectivity index (χ2v) is 9.55. The van der Waals surface area contributed by atoms with Crippen LogP contribution in [-0.2, 0) is 27.9 Å². The van der Waals surface area contributed by atoms with Gasteiger partial charge >= 0.3 is 0 Å². The second-order valence-electron chi connectivity index (χ2n) is 7.80. The van der Waals surface area contributed by atoms with Crippen LogP contribution in [0.3, 0.4) is 0 Å². The van der Waals surface area contributed by atoms with E-state index in [1.165, 1.54) is 43.5 Å². The summed E-state index contributed by atoms with van der Waals surface area (Å²) in [6.07, 6.45) is 3.52. The lowest BCUT2D eigenvalue weighted by Crippen LogP contribution is -2.25. The minimum Gasteiger partial charge on any atom is -0.348 e. The van der Waals surface area contributed by atoms with E-state index in [9.17, 15) is 18.0 Å². The van der Waals surface area contributed by atoms with E-state index in [2.05, 4.69) is 32.4 Å². The summed E-state index contributed by atoms with van der Waals surface area (Å²) in [5.74, 6) is -0.733. The summed E-state index contributed by atoms with van der Waals surface area (Å²) in [5, 5.41) is 5.42. The molecule has 2 aromatic rings. The number of carbonyl (C=O) groups excluding carboxylic acids is 2. The second kappa shape index (κ2) is 9.93. The van der Waals surface area contributed by atoms with Crippen molar-refractivity contribution in [3.63, 3.8) is 0 Å². The van der Waals surface area contributed by atoms with Gasteiger partial charge in [-0.2, -0.15) is 0 Å². The van der Waals surface area contributed by atoms with E-state index in [0.29, 0.717) is 12.2 Å². The van der Waals surface area contributed by atoms with E-state index in [4.69, 9.17) is 0 Å². The Hall–Kier alpha value is -2.91. The molecule has 1 saturated heterocycles. The third kappa shape index (κ3) is 7.08. The molecule has 0 aromatic heterocycles. The normalized spacial score (nSPS) is 14.3. The van der Waals surface area contributed by atoms with E-state index in [1.54, 1.807) is 0 Å². The fraction of sp³-hybridized carbons (Fsp3) is 0.364.